The molecule has 0 aliphatic heterocycles. The standard InChI is InChI=1S/C6H8IN5O/c1-13-5-2(3(7)8)4(9)11-6(10)12-5/h8H,1H3,(H4,9,10,11,12). The first-order valence-corrected chi connectivity index (χ1v) is 4.35. The monoisotopic (exact) mass is 293 g/mol. The number of rotatable bonds is 2. The van der Waals surface area contributed by atoms with E-state index in [2.05, 4.69) is 9.97 Å². The van der Waals surface area contributed by atoms with E-state index in [9.17, 15) is 0 Å². The molecule has 0 atom stereocenters. The van der Waals surface area contributed by atoms with Crippen molar-refractivity contribution in [1.82, 2.24) is 9.97 Å². The summed E-state index contributed by atoms with van der Waals surface area (Å²) in [5.74, 6) is 0.420. The second-order valence-electron chi connectivity index (χ2n) is 2.17. The zero-order valence-electron chi connectivity index (χ0n) is 6.84. The number of aromatic nitrogens is 2. The maximum absolute atomic E-state index is 7.40. The van der Waals surface area contributed by atoms with Crippen LogP contribution >= 0.6 is 22.6 Å². The van der Waals surface area contributed by atoms with Crippen LogP contribution in [0.25, 0.3) is 0 Å². The highest BCUT2D eigenvalue weighted by molar-refractivity contribution is 14.1. The van der Waals surface area contributed by atoms with Crippen LogP contribution in [0, 0.1) is 5.41 Å². The number of hydrogen-bond acceptors (Lipinski definition) is 6. The Morgan fingerprint density at radius 2 is 2.08 bits per heavy atom. The quantitative estimate of drug-likeness (QED) is 0.540. The molecule has 0 spiro atoms. The molecule has 1 heterocycles. The lowest BCUT2D eigenvalue weighted by molar-refractivity contribution is 0.397. The summed E-state index contributed by atoms with van der Waals surface area (Å²) < 4.78 is 5.13. The molecule has 1 aromatic heterocycles. The second kappa shape index (κ2) is 3.73. The lowest BCUT2D eigenvalue weighted by Gasteiger charge is -2.07. The van der Waals surface area contributed by atoms with E-state index in [0.717, 1.165) is 0 Å². The minimum Gasteiger partial charge on any atom is -0.480 e. The Hall–Kier alpha value is -1.12. The normalized spacial score (nSPS) is 9.69. The van der Waals surface area contributed by atoms with Gasteiger partial charge in [0, 0.05) is 0 Å². The lowest BCUT2D eigenvalue weighted by Crippen LogP contribution is -2.08. The van der Waals surface area contributed by atoms with Crippen LogP contribution in [0.3, 0.4) is 0 Å². The summed E-state index contributed by atoms with van der Waals surface area (Å²) >= 11 is 1.80. The summed E-state index contributed by atoms with van der Waals surface area (Å²) in [7, 11) is 1.43. The van der Waals surface area contributed by atoms with Gasteiger partial charge in [-0.25, -0.2) is 0 Å². The predicted molar refractivity (Wildman–Crippen MR) is 58.3 cm³/mol. The first-order chi connectivity index (χ1) is 6.06. The van der Waals surface area contributed by atoms with Crippen LogP contribution < -0.4 is 16.2 Å². The van der Waals surface area contributed by atoms with Crippen molar-refractivity contribution >= 4 is 38.1 Å². The fourth-order valence-corrected chi connectivity index (χ4v) is 1.33. The molecule has 0 aromatic carbocycles. The molecule has 0 bridgehead atoms. The van der Waals surface area contributed by atoms with E-state index in [1.54, 1.807) is 22.6 Å². The summed E-state index contributed by atoms with van der Waals surface area (Å²) in [6.45, 7) is 0. The van der Waals surface area contributed by atoms with Crippen LogP contribution in [0.2, 0.25) is 0 Å². The highest BCUT2D eigenvalue weighted by Crippen LogP contribution is 2.23. The molecule has 5 N–H and O–H groups in total. The van der Waals surface area contributed by atoms with Crippen molar-refractivity contribution in [2.75, 3.05) is 18.6 Å². The molecule has 0 unspecified atom stereocenters. The topological polar surface area (TPSA) is 111 Å². The first kappa shape index (κ1) is 9.96. The van der Waals surface area contributed by atoms with E-state index in [4.69, 9.17) is 21.6 Å². The van der Waals surface area contributed by atoms with Crippen molar-refractivity contribution in [3.63, 3.8) is 0 Å². The number of methoxy groups -OCH3 is 1. The van der Waals surface area contributed by atoms with Gasteiger partial charge in [-0.05, 0) is 22.6 Å². The predicted octanol–water partition coefficient (Wildman–Crippen LogP) is 0.410. The van der Waals surface area contributed by atoms with E-state index in [1.807, 2.05) is 0 Å². The zero-order valence-corrected chi connectivity index (χ0v) is 8.99. The van der Waals surface area contributed by atoms with Gasteiger partial charge in [-0.3, -0.25) is 5.41 Å². The van der Waals surface area contributed by atoms with Crippen molar-refractivity contribution in [2.24, 2.45) is 0 Å². The van der Waals surface area contributed by atoms with E-state index in [0.29, 0.717) is 5.56 Å². The molecule has 0 saturated carbocycles. The number of nitrogens with zero attached hydrogens (tertiary/aromatic N) is 2. The molecule has 1 rings (SSSR count). The van der Waals surface area contributed by atoms with Crippen LogP contribution in [-0.2, 0) is 0 Å². The summed E-state index contributed by atoms with van der Waals surface area (Å²) in [6, 6.07) is 0. The number of halogens is 1. The molecule has 0 amide bonds. The smallest absolute Gasteiger partial charge is 0.230 e. The van der Waals surface area contributed by atoms with Crippen molar-refractivity contribution in [1.29, 1.82) is 5.41 Å². The minimum absolute atomic E-state index is 0.0377. The Balaban J connectivity index is 3.38. The van der Waals surface area contributed by atoms with E-state index in [-0.39, 0.29) is 21.4 Å². The van der Waals surface area contributed by atoms with E-state index in [1.165, 1.54) is 7.11 Å². The van der Waals surface area contributed by atoms with Gasteiger partial charge in [0.15, 0.2) is 0 Å². The van der Waals surface area contributed by atoms with Gasteiger partial charge >= 0.3 is 0 Å². The number of hydrogen-bond donors (Lipinski definition) is 3. The van der Waals surface area contributed by atoms with Gasteiger partial charge in [0.1, 0.15) is 15.1 Å². The fraction of sp³-hybridized carbons (Fsp3) is 0.167. The average molecular weight is 293 g/mol. The molecule has 0 fully saturated rings. The van der Waals surface area contributed by atoms with Gasteiger partial charge in [-0.2, -0.15) is 9.97 Å². The number of nitrogen functional groups attached to an aromatic ring is 2. The molecular formula is C6H8IN5O. The van der Waals surface area contributed by atoms with Crippen LogP contribution in [0.5, 0.6) is 5.88 Å². The van der Waals surface area contributed by atoms with Gasteiger partial charge in [-0.15, -0.1) is 0 Å². The molecular weight excluding hydrogens is 285 g/mol. The largest absolute Gasteiger partial charge is 0.480 e. The molecule has 6 nitrogen and oxygen atoms in total. The van der Waals surface area contributed by atoms with Crippen LogP contribution in [-0.4, -0.2) is 20.8 Å². The van der Waals surface area contributed by atoms with Gasteiger partial charge in [0.25, 0.3) is 0 Å². The Morgan fingerprint density at radius 1 is 1.46 bits per heavy atom. The molecule has 0 aliphatic carbocycles. The van der Waals surface area contributed by atoms with Crippen LogP contribution in [0.1, 0.15) is 5.56 Å². The maximum atomic E-state index is 7.40. The zero-order chi connectivity index (χ0) is 10.0. The Morgan fingerprint density at radius 3 is 2.54 bits per heavy atom. The highest BCUT2D eigenvalue weighted by atomic mass is 127. The number of nitrogens with two attached hydrogens (primary N) is 2. The summed E-state index contributed by atoms with van der Waals surface area (Å²) in [4.78, 5) is 7.51. The summed E-state index contributed by atoms with van der Waals surface area (Å²) in [5.41, 5.74) is 11.3. The summed E-state index contributed by atoms with van der Waals surface area (Å²) in [6.07, 6.45) is 0. The molecule has 13 heavy (non-hydrogen) atoms. The van der Waals surface area contributed by atoms with Crippen molar-refractivity contribution < 1.29 is 4.74 Å². The number of anilines is 2. The molecule has 1 aromatic rings. The molecule has 70 valence electrons. The molecule has 7 heteroatoms. The Bertz CT molecular complexity index is 353. The maximum Gasteiger partial charge on any atom is 0.230 e. The number of ether oxygens (including phenoxy) is 1. The van der Waals surface area contributed by atoms with Gasteiger partial charge in [0.2, 0.25) is 11.8 Å². The fourth-order valence-electron chi connectivity index (χ4n) is 0.828. The van der Waals surface area contributed by atoms with E-state index >= 15 is 0 Å². The van der Waals surface area contributed by atoms with Crippen molar-refractivity contribution in [3.05, 3.63) is 5.56 Å². The number of nitrogens with one attached hydrogen (secondary N) is 1. The minimum atomic E-state index is 0.0377. The van der Waals surface area contributed by atoms with Crippen LogP contribution in [0.4, 0.5) is 11.8 Å². The molecule has 0 radical (unpaired) electrons. The van der Waals surface area contributed by atoms with Crippen molar-refractivity contribution in [2.45, 2.75) is 0 Å². The average Bonchev–Trinajstić information content (AvgIpc) is 2.01. The third kappa shape index (κ3) is 1.97. The molecule has 0 saturated heterocycles. The summed E-state index contributed by atoms with van der Waals surface area (Å²) in [5, 5.41) is 7.40. The third-order valence-electron chi connectivity index (χ3n) is 1.33. The SMILES string of the molecule is COc1nc(N)nc(N)c1C(=N)I. The first-order valence-electron chi connectivity index (χ1n) is 3.27. The van der Waals surface area contributed by atoms with Gasteiger partial charge < -0.3 is 16.2 Å². The second-order valence-corrected chi connectivity index (χ2v) is 3.24. The van der Waals surface area contributed by atoms with E-state index < -0.39 is 0 Å². The third-order valence-corrected chi connectivity index (χ3v) is 1.87. The van der Waals surface area contributed by atoms with Gasteiger partial charge in [0.05, 0.1) is 7.11 Å². The van der Waals surface area contributed by atoms with Crippen molar-refractivity contribution in [3.8, 4) is 5.88 Å². The molecule has 0 aliphatic rings. The Labute approximate surface area is 88.3 Å². The van der Waals surface area contributed by atoms with Crippen LogP contribution in [0.15, 0.2) is 0 Å². The highest BCUT2D eigenvalue weighted by Gasteiger charge is 2.14. The lowest BCUT2D eigenvalue weighted by atomic mass is 10.3. The Kier molecular flexibility index (Phi) is 2.86. The van der Waals surface area contributed by atoms with Gasteiger partial charge in [-0.1, -0.05) is 0 Å².